The summed E-state index contributed by atoms with van der Waals surface area (Å²) in [6.07, 6.45) is 9.74. The highest BCUT2D eigenvalue weighted by Gasteiger charge is 2.22. The van der Waals surface area contributed by atoms with Crippen LogP contribution in [0.15, 0.2) is 70.7 Å². The minimum absolute atomic E-state index is 0.350. The number of Topliss-reactive ketones (excluding diaryl/α,β-unsaturated/α-hetero) is 1. The van der Waals surface area contributed by atoms with E-state index in [0.717, 1.165) is 32.2 Å². The Bertz CT molecular complexity index is 1120. The standard InChI is InChI=1S/C27H32N3OS/c1-29-25-14-6-7-15-26(25)32-27(29)20-21-16-19-30(24-13-5-4-12-23(21)24)18-8-2-3-10-22(31)11-9-17-28/h4-7,12-16,19-20H,2-3,8-11,17-18,28H2,1H3/q+1. The summed E-state index contributed by atoms with van der Waals surface area (Å²) in [5.74, 6) is 0.350. The van der Waals surface area contributed by atoms with Gasteiger partial charge in [-0.1, -0.05) is 36.0 Å². The van der Waals surface area contributed by atoms with Crippen LogP contribution in [0.4, 0.5) is 5.69 Å². The minimum atomic E-state index is 0.350. The number of anilines is 1. The van der Waals surface area contributed by atoms with Crippen molar-refractivity contribution < 1.29 is 9.36 Å². The summed E-state index contributed by atoms with van der Waals surface area (Å²) in [6.45, 7) is 1.57. The zero-order chi connectivity index (χ0) is 22.3. The first-order valence-corrected chi connectivity index (χ1v) is 12.3. The molecule has 1 aromatic heterocycles. The molecule has 5 heteroatoms. The van der Waals surface area contributed by atoms with Gasteiger partial charge in [-0.05, 0) is 55.6 Å². The van der Waals surface area contributed by atoms with Gasteiger partial charge in [0.25, 0.3) is 0 Å². The molecule has 1 aliphatic heterocycles. The summed E-state index contributed by atoms with van der Waals surface area (Å²) in [4.78, 5) is 15.4. The highest BCUT2D eigenvalue weighted by molar-refractivity contribution is 8.03. The van der Waals surface area contributed by atoms with E-state index in [-0.39, 0.29) is 0 Å². The molecule has 0 aliphatic carbocycles. The lowest BCUT2D eigenvalue weighted by Gasteiger charge is -2.13. The fraction of sp³-hybridized carbons (Fsp3) is 0.333. The Labute approximate surface area is 195 Å². The first kappa shape index (κ1) is 22.6. The second-order valence-corrected chi connectivity index (χ2v) is 9.40. The molecule has 1 aliphatic rings. The number of ketones is 1. The van der Waals surface area contributed by atoms with Crippen LogP contribution in [-0.2, 0) is 11.3 Å². The average molecular weight is 447 g/mol. The van der Waals surface area contributed by atoms with Crippen molar-refractivity contribution in [3.63, 3.8) is 0 Å². The number of carbonyl (C=O) groups is 1. The normalized spacial score (nSPS) is 14.3. The van der Waals surface area contributed by atoms with Gasteiger partial charge in [0.15, 0.2) is 6.20 Å². The Morgan fingerprint density at radius 1 is 1.00 bits per heavy atom. The molecule has 0 saturated carbocycles. The first-order valence-electron chi connectivity index (χ1n) is 11.5. The molecule has 0 atom stereocenters. The van der Waals surface area contributed by atoms with E-state index in [0.29, 0.717) is 25.2 Å². The maximum atomic E-state index is 11.8. The number of carbonyl (C=O) groups excluding carboxylic acids is 1. The van der Waals surface area contributed by atoms with Crippen LogP contribution < -0.4 is 15.2 Å². The van der Waals surface area contributed by atoms with Crippen molar-refractivity contribution in [1.82, 2.24) is 0 Å². The Balaban J connectivity index is 1.44. The molecule has 2 N–H and O–H groups in total. The number of thioether (sulfide) groups is 1. The molecule has 4 nitrogen and oxygen atoms in total. The largest absolute Gasteiger partial charge is 0.338 e. The van der Waals surface area contributed by atoms with E-state index in [2.05, 4.69) is 83.4 Å². The molecule has 0 fully saturated rings. The molecule has 3 aromatic rings. The molecule has 2 aromatic carbocycles. The number of nitrogens with two attached hydrogens (primary N) is 1. The molecular formula is C27H32N3OS+. The van der Waals surface area contributed by atoms with Gasteiger partial charge in [0.05, 0.1) is 16.1 Å². The third kappa shape index (κ3) is 5.22. The molecule has 2 heterocycles. The number of unbranched alkanes of at least 4 members (excludes halogenated alkanes) is 2. The molecule has 4 rings (SSSR count). The highest BCUT2D eigenvalue weighted by Crippen LogP contribution is 2.45. The van der Waals surface area contributed by atoms with Crippen molar-refractivity contribution >= 4 is 40.2 Å². The number of pyridine rings is 1. The third-order valence-electron chi connectivity index (χ3n) is 6.02. The first-order chi connectivity index (χ1) is 15.7. The van der Waals surface area contributed by atoms with Crippen molar-refractivity contribution in [3.8, 4) is 0 Å². The van der Waals surface area contributed by atoms with E-state index in [9.17, 15) is 4.79 Å². The molecule has 0 unspecified atom stereocenters. The molecule has 32 heavy (non-hydrogen) atoms. The number of hydrogen-bond acceptors (Lipinski definition) is 4. The van der Waals surface area contributed by atoms with Gasteiger partial charge in [-0.2, -0.15) is 4.57 Å². The lowest BCUT2D eigenvalue weighted by Crippen LogP contribution is -2.34. The van der Waals surface area contributed by atoms with E-state index in [1.54, 1.807) is 0 Å². The molecule has 0 radical (unpaired) electrons. The van der Waals surface area contributed by atoms with Gasteiger partial charge in [0, 0.05) is 43.3 Å². The number of benzene rings is 2. The Morgan fingerprint density at radius 3 is 2.62 bits per heavy atom. The van der Waals surface area contributed by atoms with Gasteiger partial charge in [-0.25, -0.2) is 0 Å². The van der Waals surface area contributed by atoms with Crippen LogP contribution in [0.2, 0.25) is 0 Å². The summed E-state index contributed by atoms with van der Waals surface area (Å²) in [7, 11) is 2.14. The minimum Gasteiger partial charge on any atom is -0.338 e. The summed E-state index contributed by atoms with van der Waals surface area (Å²) in [6, 6.07) is 19.4. The zero-order valence-corrected chi connectivity index (χ0v) is 19.6. The Kier molecular flexibility index (Phi) is 7.61. The zero-order valence-electron chi connectivity index (χ0n) is 18.8. The van der Waals surface area contributed by atoms with Crippen molar-refractivity contribution in [2.24, 2.45) is 5.73 Å². The summed E-state index contributed by atoms with van der Waals surface area (Å²) >= 11 is 1.82. The van der Waals surface area contributed by atoms with Crippen LogP contribution in [0.1, 0.15) is 44.1 Å². The Hall–Kier alpha value is -2.63. The van der Waals surface area contributed by atoms with Crippen molar-refractivity contribution in [2.75, 3.05) is 18.5 Å². The van der Waals surface area contributed by atoms with E-state index in [4.69, 9.17) is 5.73 Å². The smallest absolute Gasteiger partial charge is 0.213 e. The number of para-hydroxylation sites is 2. The van der Waals surface area contributed by atoms with Crippen molar-refractivity contribution in [2.45, 2.75) is 50.0 Å². The predicted molar refractivity (Wildman–Crippen MR) is 135 cm³/mol. The number of aryl methyl sites for hydroxylation is 1. The number of fused-ring (bicyclic) bond motifs is 2. The van der Waals surface area contributed by atoms with E-state index in [1.807, 2.05) is 11.8 Å². The second kappa shape index (κ2) is 10.8. The fourth-order valence-electron chi connectivity index (χ4n) is 4.21. The molecule has 0 bridgehead atoms. The van der Waals surface area contributed by atoms with Gasteiger partial charge in [-0.3, -0.25) is 4.79 Å². The monoisotopic (exact) mass is 446 g/mol. The Morgan fingerprint density at radius 2 is 1.78 bits per heavy atom. The van der Waals surface area contributed by atoms with Crippen LogP contribution in [0.3, 0.4) is 0 Å². The predicted octanol–water partition coefficient (Wildman–Crippen LogP) is 5.54. The fourth-order valence-corrected chi connectivity index (χ4v) is 5.32. The van der Waals surface area contributed by atoms with Crippen LogP contribution in [0.5, 0.6) is 0 Å². The molecule has 0 amide bonds. The van der Waals surface area contributed by atoms with Crippen molar-refractivity contribution in [1.29, 1.82) is 0 Å². The molecule has 0 spiro atoms. The second-order valence-electron chi connectivity index (χ2n) is 8.33. The van der Waals surface area contributed by atoms with Crippen LogP contribution in [-0.4, -0.2) is 19.4 Å². The third-order valence-corrected chi connectivity index (χ3v) is 7.19. The van der Waals surface area contributed by atoms with E-state index >= 15 is 0 Å². The highest BCUT2D eigenvalue weighted by atomic mass is 32.2. The van der Waals surface area contributed by atoms with Crippen LogP contribution in [0, 0.1) is 0 Å². The summed E-state index contributed by atoms with van der Waals surface area (Å²) < 4.78 is 2.34. The van der Waals surface area contributed by atoms with Gasteiger partial charge in [0.1, 0.15) is 12.3 Å². The van der Waals surface area contributed by atoms with Gasteiger partial charge >= 0.3 is 0 Å². The summed E-state index contributed by atoms with van der Waals surface area (Å²) in [5.41, 5.74) is 9.24. The number of aromatic nitrogens is 1. The van der Waals surface area contributed by atoms with Crippen LogP contribution >= 0.6 is 11.8 Å². The molecule has 0 saturated heterocycles. The van der Waals surface area contributed by atoms with E-state index < -0.39 is 0 Å². The van der Waals surface area contributed by atoms with Crippen molar-refractivity contribution in [3.05, 3.63) is 71.4 Å². The quantitative estimate of drug-likeness (QED) is 0.328. The average Bonchev–Trinajstić information content (AvgIpc) is 3.14. The van der Waals surface area contributed by atoms with Gasteiger partial charge in [-0.15, -0.1) is 0 Å². The number of hydrogen-bond donors (Lipinski definition) is 1. The maximum Gasteiger partial charge on any atom is 0.213 e. The number of rotatable bonds is 10. The van der Waals surface area contributed by atoms with Gasteiger partial charge < -0.3 is 10.6 Å². The van der Waals surface area contributed by atoms with Gasteiger partial charge in [0.2, 0.25) is 5.52 Å². The summed E-state index contributed by atoms with van der Waals surface area (Å²) in [5, 5.41) is 2.51. The lowest BCUT2D eigenvalue weighted by molar-refractivity contribution is -0.671. The van der Waals surface area contributed by atoms with Crippen LogP contribution in [0.25, 0.3) is 17.0 Å². The maximum absolute atomic E-state index is 11.8. The molecular weight excluding hydrogens is 414 g/mol. The lowest BCUT2D eigenvalue weighted by atomic mass is 10.1. The SMILES string of the molecule is CN1C(=Cc2cc[n+](CCCCCC(=O)CCCN)c3ccccc23)Sc2ccccc21. The molecule has 166 valence electrons. The number of nitrogens with zero attached hydrogens (tertiary/aromatic N) is 2. The van der Waals surface area contributed by atoms with E-state index in [1.165, 1.54) is 32.1 Å². The topological polar surface area (TPSA) is 50.2 Å².